The minimum atomic E-state index is 0.249. The molecule has 0 aliphatic rings. The summed E-state index contributed by atoms with van der Waals surface area (Å²) in [4.78, 5) is 8.51. The third kappa shape index (κ3) is 2.20. The van der Waals surface area contributed by atoms with Crippen LogP contribution in [0.25, 0.3) is 10.9 Å². The second kappa shape index (κ2) is 4.98. The lowest BCUT2D eigenvalue weighted by Crippen LogP contribution is -1.99. The Bertz CT molecular complexity index is 585. The van der Waals surface area contributed by atoms with Crippen LogP contribution in [0.15, 0.2) is 12.1 Å². The maximum Gasteiger partial charge on any atom is 0.223 e. The molecule has 1 aromatic carbocycles. The Labute approximate surface area is 111 Å². The Hall–Kier alpha value is -1.55. The Kier molecular flexibility index (Phi) is 3.57. The van der Waals surface area contributed by atoms with E-state index in [1.165, 1.54) is 0 Å². The normalized spacial score (nSPS) is 11.0. The highest BCUT2D eigenvalue weighted by Crippen LogP contribution is 2.34. The van der Waals surface area contributed by atoms with Gasteiger partial charge in [-0.05, 0) is 23.6 Å². The van der Waals surface area contributed by atoms with Crippen molar-refractivity contribution in [3.05, 3.63) is 23.1 Å². The van der Waals surface area contributed by atoms with Gasteiger partial charge in [0.15, 0.2) is 11.5 Å². The largest absolute Gasteiger partial charge is 0.493 e. The van der Waals surface area contributed by atoms with Gasteiger partial charge in [-0.3, -0.25) is 0 Å². The van der Waals surface area contributed by atoms with E-state index in [0.29, 0.717) is 11.5 Å². The highest BCUT2D eigenvalue weighted by Gasteiger charge is 2.14. The molecule has 18 heavy (non-hydrogen) atoms. The zero-order chi connectivity index (χ0) is 13.3. The SMILES string of the molecule is COc1cc2nc(Cl)nc(C(C)C)c2cc1OC. The molecule has 0 radical (unpaired) electrons. The predicted octanol–water partition coefficient (Wildman–Crippen LogP) is 3.42. The molecule has 0 fully saturated rings. The van der Waals surface area contributed by atoms with Crippen LogP contribution in [0.5, 0.6) is 11.5 Å². The van der Waals surface area contributed by atoms with Gasteiger partial charge >= 0.3 is 0 Å². The average molecular weight is 267 g/mol. The van der Waals surface area contributed by atoms with E-state index in [9.17, 15) is 0 Å². The molecule has 0 saturated carbocycles. The molecule has 0 amide bonds. The lowest BCUT2D eigenvalue weighted by atomic mass is 10.0. The van der Waals surface area contributed by atoms with Crippen LogP contribution >= 0.6 is 11.6 Å². The molecule has 0 aliphatic carbocycles. The smallest absolute Gasteiger partial charge is 0.223 e. The van der Waals surface area contributed by atoms with Crippen LogP contribution in [-0.2, 0) is 0 Å². The minimum absolute atomic E-state index is 0.249. The fourth-order valence-corrected chi connectivity index (χ4v) is 2.07. The van der Waals surface area contributed by atoms with Crippen LogP contribution < -0.4 is 9.47 Å². The number of halogens is 1. The van der Waals surface area contributed by atoms with E-state index in [0.717, 1.165) is 16.6 Å². The Morgan fingerprint density at radius 3 is 2.22 bits per heavy atom. The summed E-state index contributed by atoms with van der Waals surface area (Å²) in [6.45, 7) is 4.13. The molecule has 1 aromatic heterocycles. The van der Waals surface area contributed by atoms with Gasteiger partial charge in [-0.25, -0.2) is 9.97 Å². The van der Waals surface area contributed by atoms with Crippen LogP contribution in [0, 0.1) is 0 Å². The molecule has 0 N–H and O–H groups in total. The summed E-state index contributed by atoms with van der Waals surface area (Å²) in [5.41, 5.74) is 1.67. The highest BCUT2D eigenvalue weighted by atomic mass is 35.5. The maximum atomic E-state index is 5.94. The number of methoxy groups -OCH3 is 2. The summed E-state index contributed by atoms with van der Waals surface area (Å²) in [6, 6.07) is 3.70. The molecule has 2 aromatic rings. The van der Waals surface area contributed by atoms with Gasteiger partial charge in [0.05, 0.1) is 25.4 Å². The number of fused-ring (bicyclic) bond motifs is 1. The number of benzene rings is 1. The minimum Gasteiger partial charge on any atom is -0.493 e. The molecule has 0 atom stereocenters. The van der Waals surface area contributed by atoms with E-state index in [4.69, 9.17) is 21.1 Å². The Morgan fingerprint density at radius 1 is 1.06 bits per heavy atom. The molecule has 0 aliphatic heterocycles. The van der Waals surface area contributed by atoms with Crippen molar-refractivity contribution in [3.8, 4) is 11.5 Å². The lowest BCUT2D eigenvalue weighted by molar-refractivity contribution is 0.355. The molecule has 96 valence electrons. The molecule has 0 unspecified atom stereocenters. The molecule has 4 nitrogen and oxygen atoms in total. The van der Waals surface area contributed by atoms with Crippen molar-refractivity contribution in [2.75, 3.05) is 14.2 Å². The van der Waals surface area contributed by atoms with Crippen LogP contribution in [0.3, 0.4) is 0 Å². The molecule has 0 saturated heterocycles. The van der Waals surface area contributed by atoms with E-state index in [1.54, 1.807) is 14.2 Å². The number of rotatable bonds is 3. The number of nitrogens with zero attached hydrogens (tertiary/aromatic N) is 2. The second-order valence-corrected chi connectivity index (χ2v) is 4.59. The van der Waals surface area contributed by atoms with Gasteiger partial charge in [-0.1, -0.05) is 13.8 Å². The van der Waals surface area contributed by atoms with Gasteiger partial charge in [0.1, 0.15) is 0 Å². The van der Waals surface area contributed by atoms with E-state index in [-0.39, 0.29) is 11.2 Å². The average Bonchev–Trinajstić information content (AvgIpc) is 2.35. The molecule has 0 bridgehead atoms. The first-order chi connectivity index (χ1) is 8.56. The van der Waals surface area contributed by atoms with Crippen molar-refractivity contribution >= 4 is 22.5 Å². The van der Waals surface area contributed by atoms with Gasteiger partial charge in [-0.15, -0.1) is 0 Å². The zero-order valence-corrected chi connectivity index (χ0v) is 11.6. The summed E-state index contributed by atoms with van der Waals surface area (Å²) < 4.78 is 10.6. The van der Waals surface area contributed by atoms with Gasteiger partial charge in [0, 0.05) is 11.5 Å². The van der Waals surface area contributed by atoms with E-state index in [1.807, 2.05) is 12.1 Å². The van der Waals surface area contributed by atoms with Crippen LogP contribution in [-0.4, -0.2) is 24.2 Å². The van der Waals surface area contributed by atoms with E-state index in [2.05, 4.69) is 23.8 Å². The van der Waals surface area contributed by atoms with Gasteiger partial charge in [0.25, 0.3) is 0 Å². The third-order valence-corrected chi connectivity index (χ3v) is 2.92. The van der Waals surface area contributed by atoms with Crippen molar-refractivity contribution in [1.82, 2.24) is 9.97 Å². The van der Waals surface area contributed by atoms with E-state index >= 15 is 0 Å². The third-order valence-electron chi connectivity index (χ3n) is 2.75. The first-order valence-corrected chi connectivity index (χ1v) is 6.03. The summed E-state index contributed by atoms with van der Waals surface area (Å²) in [5, 5.41) is 1.19. The number of hydrogen-bond acceptors (Lipinski definition) is 4. The summed E-state index contributed by atoms with van der Waals surface area (Å²) in [6.07, 6.45) is 0. The van der Waals surface area contributed by atoms with Crippen LogP contribution in [0.1, 0.15) is 25.5 Å². The van der Waals surface area contributed by atoms with E-state index < -0.39 is 0 Å². The zero-order valence-electron chi connectivity index (χ0n) is 10.8. The van der Waals surface area contributed by atoms with Crippen molar-refractivity contribution in [3.63, 3.8) is 0 Å². The summed E-state index contributed by atoms with van der Waals surface area (Å²) in [7, 11) is 3.20. The van der Waals surface area contributed by atoms with Crippen LogP contribution in [0.2, 0.25) is 5.28 Å². The quantitative estimate of drug-likeness (QED) is 0.799. The molecular weight excluding hydrogens is 252 g/mol. The first-order valence-electron chi connectivity index (χ1n) is 5.66. The number of hydrogen-bond donors (Lipinski definition) is 0. The van der Waals surface area contributed by atoms with Gasteiger partial charge in [0.2, 0.25) is 5.28 Å². The summed E-state index contributed by atoms with van der Waals surface area (Å²) >= 11 is 5.94. The fourth-order valence-electron chi connectivity index (χ4n) is 1.89. The number of ether oxygens (including phenoxy) is 2. The predicted molar refractivity (Wildman–Crippen MR) is 71.7 cm³/mol. The maximum absolute atomic E-state index is 5.94. The second-order valence-electron chi connectivity index (χ2n) is 4.26. The highest BCUT2D eigenvalue weighted by molar-refractivity contribution is 6.28. The number of aromatic nitrogens is 2. The molecular formula is C13H15ClN2O2. The van der Waals surface area contributed by atoms with Gasteiger partial charge in [-0.2, -0.15) is 0 Å². The van der Waals surface area contributed by atoms with Crippen molar-refractivity contribution in [2.45, 2.75) is 19.8 Å². The molecule has 1 heterocycles. The monoisotopic (exact) mass is 266 g/mol. The standard InChI is InChI=1S/C13H15ClN2O2/c1-7(2)12-8-5-10(17-3)11(18-4)6-9(8)15-13(14)16-12/h5-7H,1-4H3. The lowest BCUT2D eigenvalue weighted by Gasteiger charge is -2.13. The Morgan fingerprint density at radius 2 is 1.67 bits per heavy atom. The Balaban J connectivity index is 2.79. The molecule has 2 rings (SSSR count). The fraction of sp³-hybridized carbons (Fsp3) is 0.385. The van der Waals surface area contributed by atoms with Crippen molar-refractivity contribution in [1.29, 1.82) is 0 Å². The first kappa shape index (κ1) is 12.9. The van der Waals surface area contributed by atoms with Crippen molar-refractivity contribution in [2.24, 2.45) is 0 Å². The van der Waals surface area contributed by atoms with Gasteiger partial charge < -0.3 is 9.47 Å². The summed E-state index contributed by atoms with van der Waals surface area (Å²) in [5.74, 6) is 1.55. The molecule has 5 heteroatoms. The molecule has 0 spiro atoms. The topological polar surface area (TPSA) is 44.2 Å². The van der Waals surface area contributed by atoms with Crippen LogP contribution in [0.4, 0.5) is 0 Å². The van der Waals surface area contributed by atoms with Crippen molar-refractivity contribution < 1.29 is 9.47 Å².